The van der Waals surface area contributed by atoms with Crippen LogP contribution in [0.2, 0.25) is 0 Å². The number of benzene rings is 1. The summed E-state index contributed by atoms with van der Waals surface area (Å²) in [6.45, 7) is 3.86. The van der Waals surface area contributed by atoms with E-state index in [4.69, 9.17) is 0 Å². The Kier molecular flexibility index (Phi) is 6.12. The number of rotatable bonds is 5. The average Bonchev–Trinajstić information content (AvgIpc) is 3.28. The highest BCUT2D eigenvalue weighted by molar-refractivity contribution is 5.90. The molecule has 1 aromatic carbocycles. The van der Waals surface area contributed by atoms with E-state index in [2.05, 4.69) is 30.4 Å². The average molecular weight is 522 g/mol. The molecule has 1 aliphatic rings. The molecule has 0 unspecified atom stereocenters. The zero-order valence-electron chi connectivity index (χ0n) is 19.6. The molecular weight excluding hydrogens is 502 g/mol. The standard InChI is InChI=1S/C23H20F6N8/c1-11(13-4-3-5-14(19(13)24)20(25)26)31-21-15-8-17(30-9-16(15)32-12(2)33-21)36-6-7-37-18(10-36)34-22(35-37)23(27,28)29/h3-5,8-9,11,20H,6-7,10H2,1-2H3,(H,31,32,33)/t11-/m1/s1. The Morgan fingerprint density at radius 2 is 1.81 bits per heavy atom. The van der Waals surface area contributed by atoms with Gasteiger partial charge in [-0.2, -0.15) is 13.2 Å². The second-order valence-electron chi connectivity index (χ2n) is 8.59. The Morgan fingerprint density at radius 3 is 2.54 bits per heavy atom. The molecule has 0 spiro atoms. The smallest absolute Gasteiger partial charge is 0.363 e. The predicted octanol–water partition coefficient (Wildman–Crippen LogP) is 5.21. The number of hydrogen-bond donors (Lipinski definition) is 1. The predicted molar refractivity (Wildman–Crippen MR) is 122 cm³/mol. The summed E-state index contributed by atoms with van der Waals surface area (Å²) in [5.41, 5.74) is -0.160. The molecule has 0 saturated heterocycles. The quantitative estimate of drug-likeness (QED) is 0.360. The van der Waals surface area contributed by atoms with E-state index < -0.39 is 35.8 Å². The molecule has 3 aromatic heterocycles. The van der Waals surface area contributed by atoms with E-state index in [-0.39, 0.29) is 24.5 Å². The summed E-state index contributed by atoms with van der Waals surface area (Å²) in [6, 6.07) is 4.77. The summed E-state index contributed by atoms with van der Waals surface area (Å²) in [6.07, 6.45) is -6.09. The number of fused-ring (bicyclic) bond motifs is 2. The van der Waals surface area contributed by atoms with Crippen molar-refractivity contribution in [1.29, 1.82) is 0 Å². The highest BCUT2D eigenvalue weighted by atomic mass is 19.4. The SMILES string of the molecule is Cc1nc(N[C@H](C)c2cccc(C(F)F)c2F)c2cc(N3CCn4nc(C(F)(F)F)nc4C3)ncc2n1. The highest BCUT2D eigenvalue weighted by Crippen LogP contribution is 2.32. The molecule has 0 amide bonds. The van der Waals surface area contributed by atoms with Gasteiger partial charge in [-0.3, -0.25) is 0 Å². The van der Waals surface area contributed by atoms with Gasteiger partial charge in [-0.05, 0) is 19.9 Å². The third-order valence-electron chi connectivity index (χ3n) is 6.03. The monoisotopic (exact) mass is 522 g/mol. The van der Waals surface area contributed by atoms with E-state index in [0.717, 1.165) is 6.07 Å². The first-order valence-corrected chi connectivity index (χ1v) is 11.2. The van der Waals surface area contributed by atoms with Crippen LogP contribution in [0.5, 0.6) is 0 Å². The Bertz CT molecular complexity index is 1470. The lowest BCUT2D eigenvalue weighted by Crippen LogP contribution is -2.34. The van der Waals surface area contributed by atoms with Gasteiger partial charge in [0.2, 0.25) is 0 Å². The molecule has 14 heteroatoms. The van der Waals surface area contributed by atoms with Crippen LogP contribution in [0.25, 0.3) is 10.9 Å². The van der Waals surface area contributed by atoms with Crippen LogP contribution in [0.4, 0.5) is 38.0 Å². The summed E-state index contributed by atoms with van der Waals surface area (Å²) < 4.78 is 81.3. The molecule has 1 N–H and O–H groups in total. The van der Waals surface area contributed by atoms with E-state index in [1.54, 1.807) is 24.8 Å². The van der Waals surface area contributed by atoms with E-state index in [0.29, 0.717) is 34.9 Å². The van der Waals surface area contributed by atoms with Gasteiger partial charge in [0.1, 0.15) is 29.1 Å². The second kappa shape index (κ2) is 9.16. The Labute approximate surface area is 206 Å². The summed E-state index contributed by atoms with van der Waals surface area (Å²) >= 11 is 0. The number of hydrogen-bond acceptors (Lipinski definition) is 7. The molecule has 0 radical (unpaired) electrons. The van der Waals surface area contributed by atoms with Crippen molar-refractivity contribution in [3.8, 4) is 0 Å². The third-order valence-corrected chi connectivity index (χ3v) is 6.03. The van der Waals surface area contributed by atoms with Crippen molar-refractivity contribution < 1.29 is 26.3 Å². The first-order valence-electron chi connectivity index (χ1n) is 11.2. The molecule has 5 rings (SSSR count). The van der Waals surface area contributed by atoms with Crippen LogP contribution in [-0.2, 0) is 19.3 Å². The molecular formula is C23H20F6N8. The molecule has 4 heterocycles. The number of nitrogens with one attached hydrogen (secondary N) is 1. The molecule has 0 fully saturated rings. The summed E-state index contributed by atoms with van der Waals surface area (Å²) in [7, 11) is 0. The largest absolute Gasteiger partial charge is 0.453 e. The zero-order chi connectivity index (χ0) is 26.5. The molecule has 1 aliphatic heterocycles. The van der Waals surface area contributed by atoms with Crippen LogP contribution in [0, 0.1) is 12.7 Å². The Hall–Kier alpha value is -3.97. The van der Waals surface area contributed by atoms with Crippen molar-refractivity contribution in [3.63, 3.8) is 0 Å². The lowest BCUT2D eigenvalue weighted by atomic mass is 10.0. The molecule has 37 heavy (non-hydrogen) atoms. The van der Waals surface area contributed by atoms with Gasteiger partial charge in [0.15, 0.2) is 0 Å². The van der Waals surface area contributed by atoms with Gasteiger partial charge in [0.25, 0.3) is 12.2 Å². The maximum absolute atomic E-state index is 14.7. The second-order valence-corrected chi connectivity index (χ2v) is 8.59. The summed E-state index contributed by atoms with van der Waals surface area (Å²) in [5.74, 6) is -0.843. The van der Waals surface area contributed by atoms with Gasteiger partial charge in [-0.1, -0.05) is 18.2 Å². The molecule has 0 aliphatic carbocycles. The van der Waals surface area contributed by atoms with Gasteiger partial charge >= 0.3 is 6.18 Å². The fraction of sp³-hybridized carbons (Fsp3) is 0.348. The van der Waals surface area contributed by atoms with Gasteiger partial charge < -0.3 is 10.2 Å². The van der Waals surface area contributed by atoms with E-state index in [9.17, 15) is 26.3 Å². The van der Waals surface area contributed by atoms with Crippen molar-refractivity contribution in [1.82, 2.24) is 29.7 Å². The van der Waals surface area contributed by atoms with Crippen LogP contribution in [0.1, 0.15) is 48.0 Å². The van der Waals surface area contributed by atoms with E-state index in [1.807, 2.05) is 0 Å². The maximum atomic E-state index is 14.7. The van der Waals surface area contributed by atoms with Crippen molar-refractivity contribution in [2.24, 2.45) is 0 Å². The number of pyridine rings is 1. The fourth-order valence-corrected chi connectivity index (χ4v) is 4.23. The highest BCUT2D eigenvalue weighted by Gasteiger charge is 2.38. The minimum atomic E-state index is -4.64. The van der Waals surface area contributed by atoms with Crippen LogP contribution < -0.4 is 10.2 Å². The number of aryl methyl sites for hydroxylation is 1. The topological polar surface area (TPSA) is 84.7 Å². The van der Waals surface area contributed by atoms with Gasteiger partial charge in [-0.25, -0.2) is 37.8 Å². The Balaban J connectivity index is 1.46. The van der Waals surface area contributed by atoms with Crippen LogP contribution in [-0.4, -0.2) is 36.3 Å². The summed E-state index contributed by atoms with van der Waals surface area (Å²) in [5, 5.41) is 7.14. The third kappa shape index (κ3) is 4.74. The fourth-order valence-electron chi connectivity index (χ4n) is 4.23. The lowest BCUT2D eigenvalue weighted by molar-refractivity contribution is -0.145. The maximum Gasteiger partial charge on any atom is 0.453 e. The lowest BCUT2D eigenvalue weighted by Gasteiger charge is -2.28. The minimum absolute atomic E-state index is 0.0485. The van der Waals surface area contributed by atoms with Crippen molar-refractivity contribution >= 4 is 22.5 Å². The van der Waals surface area contributed by atoms with Crippen LogP contribution >= 0.6 is 0 Å². The summed E-state index contributed by atoms with van der Waals surface area (Å²) in [4.78, 5) is 18.6. The molecule has 4 aromatic rings. The number of halogens is 6. The normalized spacial score (nSPS) is 14.8. The van der Waals surface area contributed by atoms with Gasteiger partial charge in [0.05, 0.1) is 36.4 Å². The molecule has 194 valence electrons. The van der Waals surface area contributed by atoms with Crippen LogP contribution in [0.15, 0.2) is 30.5 Å². The van der Waals surface area contributed by atoms with E-state index >= 15 is 0 Å². The first-order chi connectivity index (χ1) is 17.5. The number of aromatic nitrogens is 6. The van der Waals surface area contributed by atoms with Crippen molar-refractivity contribution in [2.75, 3.05) is 16.8 Å². The van der Waals surface area contributed by atoms with Gasteiger partial charge in [-0.15, -0.1) is 5.10 Å². The molecule has 1 atom stereocenters. The molecule has 0 bridgehead atoms. The number of anilines is 2. The first kappa shape index (κ1) is 24.7. The van der Waals surface area contributed by atoms with E-state index in [1.165, 1.54) is 23.0 Å². The van der Waals surface area contributed by atoms with Crippen molar-refractivity contribution in [3.05, 3.63) is 64.9 Å². The van der Waals surface area contributed by atoms with Crippen LogP contribution in [0.3, 0.4) is 0 Å². The Morgan fingerprint density at radius 1 is 1.05 bits per heavy atom. The van der Waals surface area contributed by atoms with Gasteiger partial charge in [0, 0.05) is 17.5 Å². The minimum Gasteiger partial charge on any atom is -0.363 e. The number of alkyl halides is 5. The van der Waals surface area contributed by atoms with Crippen molar-refractivity contribution in [2.45, 2.75) is 45.6 Å². The molecule has 0 saturated carbocycles. The number of nitrogens with zero attached hydrogens (tertiary/aromatic N) is 7. The zero-order valence-corrected chi connectivity index (χ0v) is 19.6. The molecule has 8 nitrogen and oxygen atoms in total.